The number of rotatable bonds is 6. The van der Waals surface area contributed by atoms with Gasteiger partial charge in [0, 0.05) is 6.42 Å². The normalized spacial score (nSPS) is 20.9. The molecule has 204 valence electrons. The number of amides is 1. The fourth-order valence-corrected chi connectivity index (χ4v) is 6.80. The van der Waals surface area contributed by atoms with Crippen molar-refractivity contribution in [2.45, 2.75) is 22.4 Å². The fourth-order valence-electron chi connectivity index (χ4n) is 4.87. The molecule has 0 aliphatic carbocycles. The van der Waals surface area contributed by atoms with Crippen LogP contribution in [0.5, 0.6) is 11.5 Å². The topological polar surface area (TPSA) is 133 Å². The van der Waals surface area contributed by atoms with Gasteiger partial charge in [-0.1, -0.05) is 41.7 Å². The average molecular weight is 597 g/mol. The van der Waals surface area contributed by atoms with E-state index in [-0.39, 0.29) is 23.0 Å². The van der Waals surface area contributed by atoms with Gasteiger partial charge in [-0.15, -0.1) is 11.6 Å². The Bertz CT molecular complexity index is 1810. The first kappa shape index (κ1) is 26.3. The van der Waals surface area contributed by atoms with Crippen molar-refractivity contribution in [3.05, 3.63) is 78.4 Å². The highest BCUT2D eigenvalue weighted by atomic mass is 35.5. The lowest BCUT2D eigenvalue weighted by atomic mass is 9.87. The molecule has 2 unspecified atom stereocenters. The number of methoxy groups -OCH3 is 1. The smallest absolute Gasteiger partial charge is 0.294 e. The van der Waals surface area contributed by atoms with E-state index in [0.717, 1.165) is 15.8 Å². The number of phenolic OH excluding ortho intramolecular Hbond substituents is 1. The highest BCUT2D eigenvalue weighted by Gasteiger charge is 2.67. The molecule has 0 saturated carbocycles. The van der Waals surface area contributed by atoms with Crippen LogP contribution in [0.2, 0.25) is 0 Å². The Morgan fingerprint density at radius 3 is 2.67 bits per heavy atom. The van der Waals surface area contributed by atoms with Gasteiger partial charge in [-0.2, -0.15) is 13.5 Å². The molecule has 4 aromatic rings. The molecule has 40 heavy (non-hydrogen) atoms. The summed E-state index contributed by atoms with van der Waals surface area (Å²) >= 11 is 8.09. The van der Waals surface area contributed by atoms with Crippen LogP contribution in [0.25, 0.3) is 16.3 Å². The summed E-state index contributed by atoms with van der Waals surface area (Å²) in [5.74, 6) is -0.0467. The number of carbonyl (C=O) groups excluding carboxylic acids is 1. The van der Waals surface area contributed by atoms with Gasteiger partial charge in [0.05, 0.1) is 33.6 Å². The Morgan fingerprint density at radius 2 is 1.93 bits per heavy atom. The predicted octanol–water partition coefficient (Wildman–Crippen LogP) is 4.89. The van der Waals surface area contributed by atoms with Crippen LogP contribution in [0.1, 0.15) is 12.0 Å². The van der Waals surface area contributed by atoms with Gasteiger partial charge < -0.3 is 9.84 Å². The minimum atomic E-state index is -4.50. The maximum atomic E-state index is 13.3. The van der Waals surface area contributed by atoms with Gasteiger partial charge in [-0.3, -0.25) is 14.2 Å². The maximum Gasteiger partial charge on any atom is 0.294 e. The van der Waals surface area contributed by atoms with Gasteiger partial charge >= 0.3 is 0 Å². The Labute approximate surface area is 238 Å². The van der Waals surface area contributed by atoms with Crippen molar-refractivity contribution in [3.8, 4) is 11.5 Å². The third-order valence-electron chi connectivity index (χ3n) is 6.77. The zero-order chi connectivity index (χ0) is 28.2. The quantitative estimate of drug-likeness (QED) is 0.183. The summed E-state index contributed by atoms with van der Waals surface area (Å²) in [5, 5.41) is 15.6. The summed E-state index contributed by atoms with van der Waals surface area (Å²) in [6, 6.07) is 18.0. The van der Waals surface area contributed by atoms with Crippen molar-refractivity contribution in [3.63, 3.8) is 0 Å². The lowest BCUT2D eigenvalue weighted by Gasteiger charge is -2.55. The molecule has 2 aliphatic rings. The van der Waals surface area contributed by atoms with Crippen molar-refractivity contribution < 1.29 is 27.6 Å². The number of aromatic nitrogens is 1. The molecule has 2 atom stereocenters. The summed E-state index contributed by atoms with van der Waals surface area (Å²) < 4.78 is 39.6. The van der Waals surface area contributed by atoms with E-state index in [2.05, 4.69) is 4.98 Å². The van der Waals surface area contributed by atoms with Gasteiger partial charge in [0.1, 0.15) is 0 Å². The van der Waals surface area contributed by atoms with Crippen LogP contribution in [0.3, 0.4) is 0 Å². The molecule has 1 aromatic heterocycles. The van der Waals surface area contributed by atoms with E-state index in [1.54, 1.807) is 30.4 Å². The highest BCUT2D eigenvalue weighted by Crippen LogP contribution is 2.51. The minimum Gasteiger partial charge on any atom is -0.504 e. The number of hydrazone groups is 1. The van der Waals surface area contributed by atoms with Crippen LogP contribution in [0, 0.1) is 0 Å². The van der Waals surface area contributed by atoms with E-state index in [4.69, 9.17) is 21.4 Å². The third kappa shape index (κ3) is 4.20. The van der Waals surface area contributed by atoms with E-state index in [0.29, 0.717) is 22.3 Å². The summed E-state index contributed by atoms with van der Waals surface area (Å²) in [4.78, 5) is 19.1. The Kier molecular flexibility index (Phi) is 6.30. The number of hydrogen-bond acceptors (Lipinski definition) is 9. The number of fused-ring (bicyclic) bond motifs is 1. The van der Waals surface area contributed by atoms with Crippen molar-refractivity contribution >= 4 is 71.8 Å². The molecule has 1 saturated heterocycles. The van der Waals surface area contributed by atoms with Gasteiger partial charge in [0.15, 0.2) is 27.7 Å². The predicted molar refractivity (Wildman–Crippen MR) is 154 cm³/mol. The van der Waals surface area contributed by atoms with Gasteiger partial charge in [-0.25, -0.2) is 9.99 Å². The van der Waals surface area contributed by atoms with Crippen molar-refractivity contribution in [1.82, 2.24) is 4.98 Å². The molecule has 0 radical (unpaired) electrons. The number of ether oxygens (including phenoxy) is 1. The molecular formula is C27H21ClN4O6S2. The van der Waals surface area contributed by atoms with Crippen LogP contribution in [0.15, 0.2) is 82.8 Å². The molecule has 1 amide bonds. The molecule has 2 N–H and O–H groups in total. The van der Waals surface area contributed by atoms with Crippen LogP contribution < -0.4 is 14.6 Å². The maximum absolute atomic E-state index is 13.3. The molecular weight excluding hydrogens is 576 g/mol. The third-order valence-corrected chi connectivity index (χ3v) is 9.18. The van der Waals surface area contributed by atoms with Crippen molar-refractivity contribution in [2.75, 3.05) is 17.0 Å². The molecule has 3 aromatic carbocycles. The number of allylic oxidation sites excluding steroid dienone is 1. The molecule has 10 nitrogen and oxygen atoms in total. The summed E-state index contributed by atoms with van der Waals surface area (Å²) in [6.07, 6.45) is 3.73. The Balaban J connectivity index is 1.46. The molecule has 1 fully saturated rings. The molecule has 0 bridgehead atoms. The molecule has 13 heteroatoms. The van der Waals surface area contributed by atoms with Crippen molar-refractivity contribution in [2.24, 2.45) is 5.10 Å². The minimum absolute atomic E-state index is 0.00569. The number of halogens is 1. The number of aromatic hydroxyl groups is 1. The number of anilines is 2. The van der Waals surface area contributed by atoms with Crippen LogP contribution >= 0.6 is 22.9 Å². The molecule has 2 aliphatic heterocycles. The first-order valence-electron chi connectivity index (χ1n) is 12.0. The number of thiazole rings is 1. The van der Waals surface area contributed by atoms with E-state index < -0.39 is 21.2 Å². The Hall–Kier alpha value is -3.97. The van der Waals surface area contributed by atoms with E-state index in [9.17, 15) is 22.9 Å². The summed E-state index contributed by atoms with van der Waals surface area (Å²) in [7, 11) is -3.05. The van der Waals surface area contributed by atoms with Gasteiger partial charge in [0.25, 0.3) is 16.0 Å². The van der Waals surface area contributed by atoms with Crippen molar-refractivity contribution in [1.29, 1.82) is 0 Å². The average Bonchev–Trinajstić information content (AvgIpc) is 3.55. The number of carbonyl (C=O) groups is 1. The number of benzene rings is 3. The number of para-hydroxylation sites is 1. The van der Waals surface area contributed by atoms with E-state index in [1.807, 2.05) is 24.3 Å². The monoisotopic (exact) mass is 596 g/mol. The number of nitrogens with zero attached hydrogens (tertiary/aromatic N) is 4. The second-order valence-corrected chi connectivity index (χ2v) is 12.1. The lowest BCUT2D eigenvalue weighted by molar-refractivity contribution is -0.126. The first-order chi connectivity index (χ1) is 19.1. The Morgan fingerprint density at radius 1 is 1.12 bits per heavy atom. The number of alkyl halides is 1. The summed E-state index contributed by atoms with van der Waals surface area (Å²) in [6.45, 7) is 0. The van der Waals surface area contributed by atoms with Crippen LogP contribution in [-0.4, -0.2) is 52.8 Å². The molecule has 1 spiro atoms. The second kappa shape index (κ2) is 9.59. The number of β-lactam (4-membered cyclic amide) rings is 1. The lowest BCUT2D eigenvalue weighted by Crippen LogP contribution is -2.78. The second-order valence-electron chi connectivity index (χ2n) is 9.20. The largest absolute Gasteiger partial charge is 0.504 e. The number of phenols is 1. The van der Waals surface area contributed by atoms with Gasteiger partial charge in [0.2, 0.25) is 0 Å². The molecule has 6 rings (SSSR count). The number of hydrogen-bond donors (Lipinski definition) is 2. The zero-order valence-corrected chi connectivity index (χ0v) is 23.2. The van der Waals surface area contributed by atoms with Crippen LogP contribution in [0.4, 0.5) is 10.8 Å². The zero-order valence-electron chi connectivity index (χ0n) is 20.8. The van der Waals surface area contributed by atoms with E-state index in [1.165, 1.54) is 52.6 Å². The van der Waals surface area contributed by atoms with Gasteiger partial charge in [-0.05, 0) is 54.1 Å². The highest BCUT2D eigenvalue weighted by molar-refractivity contribution is 7.85. The first-order valence-corrected chi connectivity index (χ1v) is 14.7. The van der Waals surface area contributed by atoms with Crippen LogP contribution in [-0.2, 0) is 14.9 Å². The van der Waals surface area contributed by atoms with E-state index >= 15 is 0 Å². The fraction of sp³-hybridized carbons (Fsp3) is 0.148. The molecule has 3 heterocycles. The SMILES string of the molecule is COc1cc(/C=C/C2=NN(c3cccc(S(=O)(=O)O)c3)C3(C2)C(Cl)C(=O)N3c2nc3ccccc3s2)ccc1O. The summed E-state index contributed by atoms with van der Waals surface area (Å²) in [5.41, 5.74) is 1.09. The standard InChI is InChI=1S/C27H21ClN4O6S2/c1-38-22-13-16(10-12-21(22)33)9-11-17-15-27(32(30-17)18-5-4-6-19(14-18)40(35,36)37)24(28)25(34)31(27)26-29-20-7-2-3-8-23(20)39-26/h2-14,24,33H,15H2,1H3,(H,35,36,37)/b11-9+.